The molecule has 0 amide bonds. The molecule has 0 saturated heterocycles. The van der Waals surface area contributed by atoms with Crippen LogP contribution in [0.2, 0.25) is 0 Å². The maximum atomic E-state index is 9.45. The van der Waals surface area contributed by atoms with Crippen molar-refractivity contribution in [3.05, 3.63) is 23.8 Å². The van der Waals surface area contributed by atoms with Crippen molar-refractivity contribution in [3.63, 3.8) is 0 Å². The van der Waals surface area contributed by atoms with Crippen molar-refractivity contribution in [1.82, 2.24) is 15.2 Å². The Morgan fingerprint density at radius 1 is 1.05 bits per heavy atom. The number of H-pyrrole nitrogens is 1. The van der Waals surface area contributed by atoms with Crippen LogP contribution < -0.4 is 9.80 Å². The Labute approximate surface area is 111 Å². The third kappa shape index (κ3) is 2.87. The largest absolute Gasteiger partial charge is 0.504 e. The molecule has 102 valence electrons. The van der Waals surface area contributed by atoms with E-state index in [1.807, 2.05) is 30.9 Å². The van der Waals surface area contributed by atoms with E-state index in [-0.39, 0.29) is 11.5 Å². The van der Waals surface area contributed by atoms with Gasteiger partial charge in [-0.1, -0.05) is 6.07 Å². The molecule has 0 aliphatic heterocycles. The van der Waals surface area contributed by atoms with Crippen LogP contribution in [0.4, 0.5) is 11.9 Å². The van der Waals surface area contributed by atoms with Gasteiger partial charge in [0.15, 0.2) is 11.5 Å². The van der Waals surface area contributed by atoms with Gasteiger partial charge < -0.3 is 20.0 Å². The minimum Gasteiger partial charge on any atom is -0.504 e. The van der Waals surface area contributed by atoms with E-state index in [0.29, 0.717) is 18.4 Å². The minimum atomic E-state index is -0.127. The molecule has 0 unspecified atom stereocenters. The summed E-state index contributed by atoms with van der Waals surface area (Å²) in [5.41, 5.74) is 0.862. The summed E-state index contributed by atoms with van der Waals surface area (Å²) in [6.45, 7) is 0.538. The predicted octanol–water partition coefficient (Wildman–Crippen LogP) is 0.918. The average molecular weight is 263 g/mol. The maximum Gasteiger partial charge on any atom is 0.226 e. The number of aromatic amines is 1. The Morgan fingerprint density at radius 2 is 1.74 bits per heavy atom. The molecule has 0 aliphatic carbocycles. The summed E-state index contributed by atoms with van der Waals surface area (Å²) < 4.78 is 0. The van der Waals surface area contributed by atoms with Crippen molar-refractivity contribution in [1.29, 1.82) is 0 Å². The van der Waals surface area contributed by atoms with E-state index in [4.69, 9.17) is 0 Å². The van der Waals surface area contributed by atoms with E-state index in [0.717, 1.165) is 5.56 Å². The highest BCUT2D eigenvalue weighted by Gasteiger charge is 2.10. The molecule has 3 N–H and O–H groups in total. The molecule has 0 bridgehead atoms. The summed E-state index contributed by atoms with van der Waals surface area (Å²) in [5.74, 6) is 1.06. The van der Waals surface area contributed by atoms with Gasteiger partial charge in [-0.05, 0) is 17.7 Å². The van der Waals surface area contributed by atoms with Crippen LogP contribution in [0.5, 0.6) is 11.5 Å². The van der Waals surface area contributed by atoms with Crippen molar-refractivity contribution >= 4 is 11.9 Å². The van der Waals surface area contributed by atoms with Crippen LogP contribution in [-0.2, 0) is 6.54 Å². The number of nitrogens with zero attached hydrogens (tertiary/aromatic N) is 4. The van der Waals surface area contributed by atoms with Crippen molar-refractivity contribution in [2.24, 2.45) is 0 Å². The first-order chi connectivity index (χ1) is 8.97. The molecular weight excluding hydrogens is 246 g/mol. The SMILES string of the molecule is CN(C)c1nnc(N(C)Cc2ccc(O)c(O)c2)[nH]1. The number of hydrogen-bond donors (Lipinski definition) is 3. The smallest absolute Gasteiger partial charge is 0.226 e. The van der Waals surface area contributed by atoms with E-state index < -0.39 is 0 Å². The molecule has 7 heteroatoms. The van der Waals surface area contributed by atoms with Crippen LogP contribution in [0, 0.1) is 0 Å². The standard InChI is InChI=1S/C12H17N5O2/c1-16(2)11-13-12(15-14-11)17(3)7-8-4-5-9(18)10(19)6-8/h4-6,18-19H,7H2,1-3H3,(H,13,14,15). The number of aromatic nitrogens is 3. The monoisotopic (exact) mass is 263 g/mol. The van der Waals surface area contributed by atoms with Gasteiger partial charge in [0, 0.05) is 27.7 Å². The van der Waals surface area contributed by atoms with Gasteiger partial charge in [0.05, 0.1) is 0 Å². The number of hydrogen-bond acceptors (Lipinski definition) is 6. The van der Waals surface area contributed by atoms with Gasteiger partial charge in [-0.15, -0.1) is 10.2 Å². The Hall–Kier alpha value is -2.44. The van der Waals surface area contributed by atoms with Crippen LogP contribution in [0.1, 0.15) is 5.56 Å². The molecule has 0 saturated carbocycles. The van der Waals surface area contributed by atoms with Gasteiger partial charge in [-0.25, -0.2) is 0 Å². The van der Waals surface area contributed by atoms with E-state index >= 15 is 0 Å². The highest BCUT2D eigenvalue weighted by molar-refractivity contribution is 5.43. The second kappa shape index (κ2) is 5.05. The first kappa shape index (κ1) is 13.0. The number of benzene rings is 1. The highest BCUT2D eigenvalue weighted by atomic mass is 16.3. The second-order valence-corrected chi connectivity index (χ2v) is 4.55. The zero-order valence-electron chi connectivity index (χ0n) is 11.1. The summed E-state index contributed by atoms with van der Waals surface area (Å²) in [6.07, 6.45) is 0. The molecule has 2 rings (SSSR count). The maximum absolute atomic E-state index is 9.45. The molecule has 0 atom stereocenters. The quantitative estimate of drug-likeness (QED) is 0.711. The lowest BCUT2D eigenvalue weighted by Crippen LogP contribution is -2.18. The van der Waals surface area contributed by atoms with E-state index in [1.165, 1.54) is 12.1 Å². The Balaban J connectivity index is 2.11. The lowest BCUT2D eigenvalue weighted by molar-refractivity contribution is 0.403. The van der Waals surface area contributed by atoms with E-state index in [1.54, 1.807) is 6.07 Å². The molecule has 19 heavy (non-hydrogen) atoms. The van der Waals surface area contributed by atoms with Gasteiger partial charge in [0.25, 0.3) is 0 Å². The molecule has 0 fully saturated rings. The predicted molar refractivity (Wildman–Crippen MR) is 72.6 cm³/mol. The van der Waals surface area contributed by atoms with Crippen LogP contribution >= 0.6 is 0 Å². The number of aromatic hydroxyl groups is 2. The second-order valence-electron chi connectivity index (χ2n) is 4.55. The first-order valence-electron chi connectivity index (χ1n) is 5.79. The lowest BCUT2D eigenvalue weighted by Gasteiger charge is -2.15. The van der Waals surface area contributed by atoms with Gasteiger partial charge in [-0.3, -0.25) is 4.98 Å². The number of anilines is 2. The summed E-state index contributed by atoms with van der Waals surface area (Å²) >= 11 is 0. The van der Waals surface area contributed by atoms with Gasteiger partial charge in [0.1, 0.15) is 0 Å². The number of rotatable bonds is 4. The van der Waals surface area contributed by atoms with Crippen LogP contribution in [0.25, 0.3) is 0 Å². The third-order valence-electron chi connectivity index (χ3n) is 2.71. The van der Waals surface area contributed by atoms with Crippen molar-refractivity contribution in [2.75, 3.05) is 30.9 Å². The molecule has 0 spiro atoms. The summed E-state index contributed by atoms with van der Waals surface area (Å²) in [6, 6.07) is 4.73. The van der Waals surface area contributed by atoms with Gasteiger partial charge in [0.2, 0.25) is 11.9 Å². The normalized spacial score (nSPS) is 10.5. The zero-order valence-corrected chi connectivity index (χ0v) is 11.1. The van der Waals surface area contributed by atoms with E-state index in [2.05, 4.69) is 15.2 Å². The first-order valence-corrected chi connectivity index (χ1v) is 5.79. The molecule has 0 aliphatic rings. The number of nitrogens with one attached hydrogen (secondary N) is 1. The molecule has 0 radical (unpaired) electrons. The van der Waals surface area contributed by atoms with Crippen LogP contribution in [-0.4, -0.2) is 46.5 Å². The molecule has 2 aromatic rings. The fourth-order valence-corrected chi connectivity index (χ4v) is 1.63. The van der Waals surface area contributed by atoms with Crippen molar-refractivity contribution in [3.8, 4) is 11.5 Å². The third-order valence-corrected chi connectivity index (χ3v) is 2.71. The fourth-order valence-electron chi connectivity index (χ4n) is 1.63. The van der Waals surface area contributed by atoms with Gasteiger partial charge in [-0.2, -0.15) is 0 Å². The van der Waals surface area contributed by atoms with Gasteiger partial charge >= 0.3 is 0 Å². The minimum absolute atomic E-state index is 0.124. The highest BCUT2D eigenvalue weighted by Crippen LogP contribution is 2.25. The van der Waals surface area contributed by atoms with Crippen molar-refractivity contribution < 1.29 is 10.2 Å². The summed E-state index contributed by atoms with van der Waals surface area (Å²) in [4.78, 5) is 6.77. The fraction of sp³-hybridized carbons (Fsp3) is 0.333. The Kier molecular flexibility index (Phi) is 3.46. The van der Waals surface area contributed by atoms with Crippen LogP contribution in [0.3, 0.4) is 0 Å². The summed E-state index contributed by atoms with van der Waals surface area (Å²) in [7, 11) is 5.62. The molecule has 1 heterocycles. The summed E-state index contributed by atoms with van der Waals surface area (Å²) in [5, 5.41) is 26.8. The van der Waals surface area contributed by atoms with E-state index in [9.17, 15) is 10.2 Å². The molecule has 7 nitrogen and oxygen atoms in total. The Morgan fingerprint density at radius 3 is 2.32 bits per heavy atom. The topological polar surface area (TPSA) is 88.5 Å². The Bertz CT molecular complexity index is 567. The number of phenolic OH excluding ortho intramolecular Hbond substituents is 2. The lowest BCUT2D eigenvalue weighted by atomic mass is 10.2. The number of phenols is 2. The average Bonchev–Trinajstić information content (AvgIpc) is 2.83. The zero-order chi connectivity index (χ0) is 14.0. The molecule has 1 aromatic carbocycles. The van der Waals surface area contributed by atoms with Crippen molar-refractivity contribution in [2.45, 2.75) is 6.54 Å². The van der Waals surface area contributed by atoms with Crippen LogP contribution in [0.15, 0.2) is 18.2 Å². The molecular formula is C12H17N5O2. The molecule has 1 aromatic heterocycles.